The van der Waals surface area contributed by atoms with Gasteiger partial charge in [0.15, 0.2) is 6.10 Å². The van der Waals surface area contributed by atoms with E-state index in [9.17, 15) is 18.0 Å². The molecule has 10 heteroatoms. The van der Waals surface area contributed by atoms with Crippen molar-refractivity contribution in [2.45, 2.75) is 44.6 Å². The number of ether oxygens (including phenoxy) is 1. The van der Waals surface area contributed by atoms with Crippen molar-refractivity contribution in [1.29, 1.82) is 0 Å². The van der Waals surface area contributed by atoms with Gasteiger partial charge in [-0.1, -0.05) is 17.7 Å². The summed E-state index contributed by atoms with van der Waals surface area (Å²) < 4.78 is 33.9. The fourth-order valence-corrected chi connectivity index (χ4v) is 6.02. The third kappa shape index (κ3) is 4.71. The van der Waals surface area contributed by atoms with Crippen molar-refractivity contribution in [2.24, 2.45) is 5.92 Å². The van der Waals surface area contributed by atoms with E-state index in [0.29, 0.717) is 47.1 Å². The minimum Gasteiger partial charge on any atom is -0.479 e. The van der Waals surface area contributed by atoms with Gasteiger partial charge in [-0.2, -0.15) is 4.31 Å². The molecule has 0 aliphatic carbocycles. The lowest BCUT2D eigenvalue weighted by Gasteiger charge is -2.32. The standard InChI is InChI=1S/C23H26ClN3O5S/c1-13-6-7-17(24)10-18(13)25-23(29)16-5-4-8-27(12-16)33(30,31)21-11-20-19(9-14(21)2)26-22(28)15(3)32-20/h6-7,9-11,15-16H,4-5,8,12H2,1-3H3,(H,25,29)(H,26,28)/t15-,16-/m0/s1. The first-order valence-electron chi connectivity index (χ1n) is 10.8. The number of halogens is 1. The molecule has 2 aliphatic heterocycles. The number of anilines is 2. The zero-order chi connectivity index (χ0) is 23.9. The molecule has 33 heavy (non-hydrogen) atoms. The lowest BCUT2D eigenvalue weighted by atomic mass is 9.98. The number of aryl methyl sites for hydroxylation is 2. The molecule has 1 fully saturated rings. The Balaban J connectivity index is 1.55. The predicted molar refractivity (Wildman–Crippen MR) is 126 cm³/mol. The van der Waals surface area contributed by atoms with Gasteiger partial charge >= 0.3 is 0 Å². The Morgan fingerprint density at radius 1 is 1.21 bits per heavy atom. The normalized spacial score (nSPS) is 21.0. The maximum absolute atomic E-state index is 13.5. The van der Waals surface area contributed by atoms with Crippen LogP contribution in [0.5, 0.6) is 5.75 Å². The number of hydrogen-bond acceptors (Lipinski definition) is 5. The second-order valence-corrected chi connectivity index (χ2v) is 10.9. The molecule has 1 saturated heterocycles. The number of nitrogens with one attached hydrogen (secondary N) is 2. The molecule has 2 N–H and O–H groups in total. The highest BCUT2D eigenvalue weighted by Gasteiger charge is 2.35. The number of fused-ring (bicyclic) bond motifs is 1. The van der Waals surface area contributed by atoms with E-state index < -0.39 is 22.0 Å². The number of rotatable bonds is 4. The van der Waals surface area contributed by atoms with Crippen LogP contribution in [-0.4, -0.2) is 43.7 Å². The lowest BCUT2D eigenvalue weighted by molar-refractivity contribution is -0.123. The van der Waals surface area contributed by atoms with Crippen LogP contribution < -0.4 is 15.4 Å². The van der Waals surface area contributed by atoms with E-state index >= 15 is 0 Å². The van der Waals surface area contributed by atoms with Crippen LogP contribution in [0.4, 0.5) is 11.4 Å². The molecule has 2 amide bonds. The summed E-state index contributed by atoms with van der Waals surface area (Å²) in [5, 5.41) is 6.13. The van der Waals surface area contributed by atoms with E-state index in [-0.39, 0.29) is 23.3 Å². The zero-order valence-corrected chi connectivity index (χ0v) is 20.2. The molecule has 0 radical (unpaired) electrons. The van der Waals surface area contributed by atoms with Gasteiger partial charge in [-0.05, 0) is 62.9 Å². The highest BCUT2D eigenvalue weighted by atomic mass is 35.5. The van der Waals surface area contributed by atoms with Gasteiger partial charge in [0.05, 0.1) is 16.5 Å². The third-order valence-corrected chi connectivity index (χ3v) is 8.28. The van der Waals surface area contributed by atoms with Crippen LogP contribution in [0, 0.1) is 19.8 Å². The zero-order valence-electron chi connectivity index (χ0n) is 18.6. The molecule has 0 unspecified atom stereocenters. The second kappa shape index (κ2) is 8.96. The van der Waals surface area contributed by atoms with Gasteiger partial charge in [0, 0.05) is 29.9 Å². The Hall–Kier alpha value is -2.62. The van der Waals surface area contributed by atoms with Crippen LogP contribution in [0.15, 0.2) is 35.2 Å². The number of hydrogen-bond donors (Lipinski definition) is 2. The van der Waals surface area contributed by atoms with E-state index in [1.54, 1.807) is 32.0 Å². The molecule has 8 nitrogen and oxygen atoms in total. The van der Waals surface area contributed by atoms with Crippen LogP contribution in [0.25, 0.3) is 0 Å². The SMILES string of the molecule is Cc1ccc(Cl)cc1NC(=O)[C@H]1CCCN(S(=O)(=O)c2cc3c(cc2C)NC(=O)[C@H](C)O3)C1. The first kappa shape index (κ1) is 23.5. The molecule has 2 aromatic carbocycles. The molecule has 0 aromatic heterocycles. The van der Waals surface area contributed by atoms with Gasteiger partial charge in [0.2, 0.25) is 15.9 Å². The summed E-state index contributed by atoms with van der Waals surface area (Å²) in [4.78, 5) is 24.9. The van der Waals surface area contributed by atoms with Gasteiger partial charge < -0.3 is 15.4 Å². The molecule has 4 rings (SSSR count). The molecule has 176 valence electrons. The minimum absolute atomic E-state index is 0.0816. The Morgan fingerprint density at radius 3 is 2.73 bits per heavy atom. The molecule has 2 aliphatic rings. The lowest BCUT2D eigenvalue weighted by Crippen LogP contribution is -2.44. The fourth-order valence-electron chi connectivity index (χ4n) is 4.10. The van der Waals surface area contributed by atoms with Crippen molar-refractivity contribution < 1.29 is 22.7 Å². The number of benzene rings is 2. The summed E-state index contributed by atoms with van der Waals surface area (Å²) in [5.74, 6) is -0.686. The van der Waals surface area contributed by atoms with Crippen molar-refractivity contribution in [3.63, 3.8) is 0 Å². The number of piperidine rings is 1. The number of carbonyl (C=O) groups is 2. The van der Waals surface area contributed by atoms with E-state index in [1.807, 2.05) is 13.0 Å². The topological polar surface area (TPSA) is 105 Å². The molecular weight excluding hydrogens is 466 g/mol. The van der Waals surface area contributed by atoms with Crippen LogP contribution in [0.1, 0.15) is 30.9 Å². The molecule has 0 spiro atoms. The summed E-state index contributed by atoms with van der Waals surface area (Å²) in [7, 11) is -3.87. The first-order valence-corrected chi connectivity index (χ1v) is 12.6. The molecule has 0 saturated carbocycles. The number of nitrogens with zero attached hydrogens (tertiary/aromatic N) is 1. The Bertz CT molecular complexity index is 1230. The number of sulfonamides is 1. The fraction of sp³-hybridized carbons (Fsp3) is 0.391. The molecule has 2 atom stereocenters. The highest BCUT2D eigenvalue weighted by molar-refractivity contribution is 7.89. The Morgan fingerprint density at radius 2 is 1.97 bits per heavy atom. The van der Waals surface area contributed by atoms with Crippen molar-refractivity contribution in [1.82, 2.24) is 4.31 Å². The monoisotopic (exact) mass is 491 g/mol. The van der Waals surface area contributed by atoms with Gasteiger partial charge in [0.25, 0.3) is 5.91 Å². The van der Waals surface area contributed by atoms with E-state index in [2.05, 4.69) is 10.6 Å². The molecule has 2 heterocycles. The first-order chi connectivity index (χ1) is 15.6. The Labute approximate surface area is 198 Å². The summed E-state index contributed by atoms with van der Waals surface area (Å²) >= 11 is 6.05. The van der Waals surface area contributed by atoms with E-state index in [4.69, 9.17) is 16.3 Å². The maximum Gasteiger partial charge on any atom is 0.265 e. The number of carbonyl (C=O) groups excluding carboxylic acids is 2. The van der Waals surface area contributed by atoms with Gasteiger partial charge in [-0.3, -0.25) is 9.59 Å². The number of amides is 2. The molecule has 2 aromatic rings. The van der Waals surface area contributed by atoms with Crippen molar-refractivity contribution >= 4 is 44.8 Å². The molecule has 0 bridgehead atoms. The van der Waals surface area contributed by atoms with Crippen molar-refractivity contribution in [2.75, 3.05) is 23.7 Å². The summed E-state index contributed by atoms with van der Waals surface area (Å²) in [6, 6.07) is 8.30. The quantitative estimate of drug-likeness (QED) is 0.678. The second-order valence-electron chi connectivity index (χ2n) is 8.51. The van der Waals surface area contributed by atoms with Crippen molar-refractivity contribution in [3.05, 3.63) is 46.5 Å². The van der Waals surface area contributed by atoms with Gasteiger partial charge in [0.1, 0.15) is 5.75 Å². The van der Waals surface area contributed by atoms with E-state index in [0.717, 1.165) is 5.56 Å². The molecular formula is C23H26ClN3O5S. The van der Waals surface area contributed by atoms with Gasteiger partial charge in [-0.25, -0.2) is 8.42 Å². The van der Waals surface area contributed by atoms with Gasteiger partial charge in [-0.15, -0.1) is 0 Å². The largest absolute Gasteiger partial charge is 0.479 e. The average Bonchev–Trinajstić information content (AvgIpc) is 2.77. The smallest absolute Gasteiger partial charge is 0.265 e. The third-order valence-electron chi connectivity index (χ3n) is 6.04. The highest BCUT2D eigenvalue weighted by Crippen LogP contribution is 2.36. The predicted octanol–water partition coefficient (Wildman–Crippen LogP) is 3.72. The van der Waals surface area contributed by atoms with Crippen LogP contribution in [-0.2, 0) is 19.6 Å². The average molecular weight is 492 g/mol. The minimum atomic E-state index is -3.87. The van der Waals surface area contributed by atoms with E-state index in [1.165, 1.54) is 10.4 Å². The van der Waals surface area contributed by atoms with Crippen LogP contribution in [0.2, 0.25) is 5.02 Å². The summed E-state index contributed by atoms with van der Waals surface area (Å²) in [5.41, 5.74) is 2.43. The van der Waals surface area contributed by atoms with Crippen LogP contribution >= 0.6 is 11.6 Å². The van der Waals surface area contributed by atoms with Crippen LogP contribution in [0.3, 0.4) is 0 Å². The summed E-state index contributed by atoms with van der Waals surface area (Å²) in [6.45, 7) is 5.55. The Kier molecular flexibility index (Phi) is 6.39. The summed E-state index contributed by atoms with van der Waals surface area (Å²) in [6.07, 6.45) is 0.445. The maximum atomic E-state index is 13.5. The van der Waals surface area contributed by atoms with Crippen molar-refractivity contribution in [3.8, 4) is 5.75 Å².